The van der Waals surface area contributed by atoms with Crippen LogP contribution in [-0.4, -0.2) is 13.3 Å². The zero-order valence-electron chi connectivity index (χ0n) is 7.49. The van der Waals surface area contributed by atoms with Crippen molar-refractivity contribution < 1.29 is 17.5 Å². The summed E-state index contributed by atoms with van der Waals surface area (Å²) in [4.78, 5) is 9.79. The fraction of sp³-hybridized carbons (Fsp3) is 0.143. The third-order valence-electron chi connectivity index (χ3n) is 1.51. The average Bonchev–Trinajstić information content (AvgIpc) is 2.14. The predicted molar refractivity (Wildman–Crippen MR) is 51.0 cm³/mol. The van der Waals surface area contributed by atoms with Gasteiger partial charge in [0.2, 0.25) is 0 Å². The Labute approximate surface area is 85.9 Å². The van der Waals surface area contributed by atoms with Gasteiger partial charge in [-0.05, 0) is 5.56 Å². The van der Waals surface area contributed by atoms with E-state index in [1.807, 2.05) is 0 Å². The second-order valence-electron chi connectivity index (χ2n) is 2.68. The van der Waals surface area contributed by atoms with Gasteiger partial charge in [-0.3, -0.25) is 14.3 Å². The molecule has 1 aromatic carbocycles. The lowest BCUT2D eigenvalue weighted by Gasteiger charge is -2.00. The summed E-state index contributed by atoms with van der Waals surface area (Å²) >= 11 is 0. The van der Waals surface area contributed by atoms with Gasteiger partial charge in [0.1, 0.15) is 0 Å². The molecule has 0 bridgehead atoms. The number of hydrogen-bond acceptors (Lipinski definition) is 5. The van der Waals surface area contributed by atoms with Crippen LogP contribution < -0.4 is 5.14 Å². The molecule has 0 fully saturated rings. The molecule has 0 spiro atoms. The number of nitro benzene ring substituents is 1. The number of nitro groups is 1. The third kappa shape index (κ3) is 4.02. The SMILES string of the molecule is NS(=O)(=O)OCc1cccc([N+](=O)[O-])c1. The highest BCUT2D eigenvalue weighted by Gasteiger charge is 2.08. The molecule has 0 aromatic heterocycles. The van der Waals surface area contributed by atoms with Crippen molar-refractivity contribution in [2.24, 2.45) is 5.14 Å². The van der Waals surface area contributed by atoms with Crippen LogP contribution in [0.25, 0.3) is 0 Å². The maximum Gasteiger partial charge on any atom is 0.333 e. The molecule has 0 atom stereocenters. The minimum atomic E-state index is -4.03. The minimum Gasteiger partial charge on any atom is -0.258 e. The van der Waals surface area contributed by atoms with E-state index in [4.69, 9.17) is 0 Å². The summed E-state index contributed by atoms with van der Waals surface area (Å²) in [5, 5.41) is 15.0. The van der Waals surface area contributed by atoms with Gasteiger partial charge in [-0.15, -0.1) is 0 Å². The number of hydrogen-bond donors (Lipinski definition) is 1. The molecule has 2 N–H and O–H groups in total. The second kappa shape index (κ2) is 4.34. The smallest absolute Gasteiger partial charge is 0.258 e. The Morgan fingerprint density at radius 2 is 2.13 bits per heavy atom. The van der Waals surface area contributed by atoms with Gasteiger partial charge in [0.15, 0.2) is 0 Å². The Morgan fingerprint density at radius 3 is 2.67 bits per heavy atom. The third-order valence-corrected chi connectivity index (χ3v) is 1.96. The van der Waals surface area contributed by atoms with Crippen molar-refractivity contribution in [1.82, 2.24) is 0 Å². The fourth-order valence-corrected chi connectivity index (χ4v) is 1.21. The van der Waals surface area contributed by atoms with Crippen LogP contribution in [0.4, 0.5) is 5.69 Å². The zero-order chi connectivity index (χ0) is 11.5. The zero-order valence-corrected chi connectivity index (χ0v) is 8.31. The van der Waals surface area contributed by atoms with Crippen molar-refractivity contribution in [3.8, 4) is 0 Å². The highest BCUT2D eigenvalue weighted by atomic mass is 32.2. The predicted octanol–water partition coefficient (Wildman–Crippen LogP) is 0.315. The van der Waals surface area contributed by atoms with E-state index in [-0.39, 0.29) is 12.3 Å². The summed E-state index contributed by atoms with van der Waals surface area (Å²) in [6.07, 6.45) is 0. The molecule has 0 radical (unpaired) electrons. The first-order valence-electron chi connectivity index (χ1n) is 3.79. The van der Waals surface area contributed by atoms with Crippen LogP contribution in [0.2, 0.25) is 0 Å². The van der Waals surface area contributed by atoms with Crippen LogP contribution in [0.3, 0.4) is 0 Å². The van der Waals surface area contributed by atoms with Crippen molar-refractivity contribution in [2.75, 3.05) is 0 Å². The highest BCUT2D eigenvalue weighted by molar-refractivity contribution is 7.84. The molecular weight excluding hydrogens is 224 g/mol. The van der Waals surface area contributed by atoms with E-state index < -0.39 is 15.2 Å². The van der Waals surface area contributed by atoms with Gasteiger partial charge in [0.05, 0.1) is 11.5 Å². The van der Waals surface area contributed by atoms with Crippen LogP contribution in [0.1, 0.15) is 5.56 Å². The summed E-state index contributed by atoms with van der Waals surface area (Å²) in [6.45, 7) is -0.319. The number of rotatable bonds is 4. The lowest BCUT2D eigenvalue weighted by atomic mass is 10.2. The van der Waals surface area contributed by atoms with E-state index in [0.717, 1.165) is 0 Å². The van der Waals surface area contributed by atoms with Crippen molar-refractivity contribution in [3.63, 3.8) is 0 Å². The minimum absolute atomic E-state index is 0.134. The molecule has 0 unspecified atom stereocenters. The summed E-state index contributed by atoms with van der Waals surface area (Å²) in [6, 6.07) is 5.43. The van der Waals surface area contributed by atoms with Crippen molar-refractivity contribution in [2.45, 2.75) is 6.61 Å². The fourth-order valence-electron chi connectivity index (χ4n) is 0.910. The van der Waals surface area contributed by atoms with Gasteiger partial charge >= 0.3 is 10.3 Å². The molecule has 0 saturated heterocycles. The molecule has 7 nitrogen and oxygen atoms in total. The first kappa shape index (κ1) is 11.6. The van der Waals surface area contributed by atoms with Crippen LogP contribution in [0.15, 0.2) is 24.3 Å². The molecule has 0 heterocycles. The number of nitrogens with zero attached hydrogens (tertiary/aromatic N) is 1. The monoisotopic (exact) mass is 232 g/mol. The summed E-state index contributed by atoms with van der Waals surface area (Å²) < 4.78 is 25.2. The van der Waals surface area contributed by atoms with Crippen LogP contribution >= 0.6 is 0 Å². The number of nitrogens with two attached hydrogens (primary N) is 1. The maximum absolute atomic E-state index is 10.4. The Hall–Kier alpha value is -1.51. The topological polar surface area (TPSA) is 113 Å². The van der Waals surface area contributed by atoms with Crippen molar-refractivity contribution in [3.05, 3.63) is 39.9 Å². The highest BCUT2D eigenvalue weighted by Crippen LogP contribution is 2.13. The first-order valence-corrected chi connectivity index (χ1v) is 5.26. The van der Waals surface area contributed by atoms with Crippen molar-refractivity contribution >= 4 is 16.0 Å². The van der Waals surface area contributed by atoms with Gasteiger partial charge in [0, 0.05) is 12.1 Å². The summed E-state index contributed by atoms with van der Waals surface area (Å²) in [5.41, 5.74) is 0.226. The summed E-state index contributed by atoms with van der Waals surface area (Å²) in [7, 11) is -4.03. The average molecular weight is 232 g/mol. The first-order chi connectivity index (χ1) is 6.88. The van der Waals surface area contributed by atoms with Gasteiger partial charge in [0.25, 0.3) is 5.69 Å². The van der Waals surface area contributed by atoms with E-state index >= 15 is 0 Å². The normalized spacial score (nSPS) is 11.3. The molecule has 0 saturated carbocycles. The van der Waals surface area contributed by atoms with E-state index in [1.165, 1.54) is 24.3 Å². The van der Waals surface area contributed by atoms with Gasteiger partial charge < -0.3 is 0 Å². The molecule has 15 heavy (non-hydrogen) atoms. The number of benzene rings is 1. The molecule has 0 aliphatic carbocycles. The maximum atomic E-state index is 10.4. The van der Waals surface area contributed by atoms with Gasteiger partial charge in [-0.25, -0.2) is 5.14 Å². The molecule has 8 heteroatoms. The molecule has 82 valence electrons. The van der Waals surface area contributed by atoms with Gasteiger partial charge in [-0.2, -0.15) is 8.42 Å². The lowest BCUT2D eigenvalue weighted by Crippen LogP contribution is -2.15. The molecule has 0 aliphatic heterocycles. The van der Waals surface area contributed by atoms with E-state index in [2.05, 4.69) is 9.32 Å². The van der Waals surface area contributed by atoms with Crippen LogP contribution in [-0.2, 0) is 21.1 Å². The Bertz CT molecular complexity index is 470. The molecule has 0 aliphatic rings. The molecule has 0 amide bonds. The van der Waals surface area contributed by atoms with Crippen molar-refractivity contribution in [1.29, 1.82) is 0 Å². The van der Waals surface area contributed by atoms with E-state index in [1.54, 1.807) is 0 Å². The molecule has 1 rings (SSSR count). The largest absolute Gasteiger partial charge is 0.333 e. The lowest BCUT2D eigenvalue weighted by molar-refractivity contribution is -0.384. The Balaban J connectivity index is 2.79. The Kier molecular flexibility index (Phi) is 3.35. The quantitative estimate of drug-likeness (QED) is 0.593. The van der Waals surface area contributed by atoms with Crippen LogP contribution in [0, 0.1) is 10.1 Å². The summed E-state index contributed by atoms with van der Waals surface area (Å²) in [5.74, 6) is 0. The van der Waals surface area contributed by atoms with Gasteiger partial charge in [-0.1, -0.05) is 12.1 Å². The molecular formula is C7H8N2O5S. The van der Waals surface area contributed by atoms with E-state index in [9.17, 15) is 18.5 Å². The van der Waals surface area contributed by atoms with Crippen LogP contribution in [0.5, 0.6) is 0 Å². The standard InChI is InChI=1S/C7H8N2O5S/c8-15(12,13)14-5-6-2-1-3-7(4-6)9(10)11/h1-4H,5H2,(H2,8,12,13). The number of non-ortho nitro benzene ring substituents is 1. The second-order valence-corrected chi connectivity index (χ2v) is 3.90. The Morgan fingerprint density at radius 1 is 1.47 bits per heavy atom. The molecule has 1 aromatic rings. The van der Waals surface area contributed by atoms with E-state index in [0.29, 0.717) is 5.56 Å².